The summed E-state index contributed by atoms with van der Waals surface area (Å²) in [4.78, 5) is 21.9. The lowest BCUT2D eigenvalue weighted by molar-refractivity contribution is -0.309. The third-order valence-electron chi connectivity index (χ3n) is 3.26. The highest BCUT2D eigenvalue weighted by Crippen LogP contribution is 2.26. The molecule has 1 saturated heterocycles. The number of hydrogen-bond acceptors (Lipinski definition) is 5. The van der Waals surface area contributed by atoms with Crippen molar-refractivity contribution in [2.45, 2.75) is 30.7 Å². The molecule has 1 aliphatic rings. The van der Waals surface area contributed by atoms with Crippen molar-refractivity contribution in [3.63, 3.8) is 0 Å². The summed E-state index contributed by atoms with van der Waals surface area (Å²) in [5, 5.41) is 13.5. The van der Waals surface area contributed by atoms with E-state index in [1.165, 1.54) is 31.2 Å². The Kier molecular flexibility index (Phi) is 4.29. The van der Waals surface area contributed by atoms with Gasteiger partial charge in [0.1, 0.15) is 0 Å². The fraction of sp³-hybridized carbons (Fsp3) is 0.385. The second kappa shape index (κ2) is 5.82. The molecule has 21 heavy (non-hydrogen) atoms. The summed E-state index contributed by atoms with van der Waals surface area (Å²) in [5.41, 5.74) is 0.472. The Morgan fingerprint density at radius 3 is 2.43 bits per heavy atom. The van der Waals surface area contributed by atoms with Crippen LogP contribution in [-0.4, -0.2) is 37.2 Å². The maximum atomic E-state index is 12.4. The van der Waals surface area contributed by atoms with Gasteiger partial charge < -0.3 is 15.2 Å². The maximum Gasteiger partial charge on any atom is 0.243 e. The van der Waals surface area contributed by atoms with Crippen LogP contribution in [0.5, 0.6) is 0 Å². The van der Waals surface area contributed by atoms with Crippen LogP contribution in [0.15, 0.2) is 29.2 Å². The molecule has 0 spiro atoms. The Morgan fingerprint density at radius 2 is 1.90 bits per heavy atom. The zero-order chi connectivity index (χ0) is 15.6. The number of aliphatic carboxylic acids is 1. The van der Waals surface area contributed by atoms with Gasteiger partial charge in [-0.05, 0) is 37.1 Å². The minimum absolute atomic E-state index is 0.00949. The highest BCUT2D eigenvalue weighted by Gasteiger charge is 2.35. The monoisotopic (exact) mass is 311 g/mol. The Hall–Kier alpha value is -1.93. The lowest BCUT2D eigenvalue weighted by atomic mass is 10.2. The van der Waals surface area contributed by atoms with E-state index in [-0.39, 0.29) is 23.8 Å². The Bertz CT molecular complexity index is 654. The van der Waals surface area contributed by atoms with Crippen LogP contribution in [0.25, 0.3) is 0 Å². The highest BCUT2D eigenvalue weighted by atomic mass is 32.2. The molecule has 8 heteroatoms. The second-order valence-corrected chi connectivity index (χ2v) is 6.69. The summed E-state index contributed by atoms with van der Waals surface area (Å²) in [6.07, 6.45) is 0.743. The van der Waals surface area contributed by atoms with Crippen LogP contribution >= 0.6 is 0 Å². The predicted molar refractivity (Wildman–Crippen MR) is 72.7 cm³/mol. The average Bonchev–Trinajstić information content (AvgIpc) is 2.88. The van der Waals surface area contributed by atoms with Gasteiger partial charge in [0.2, 0.25) is 15.9 Å². The first-order valence-corrected chi connectivity index (χ1v) is 7.87. The van der Waals surface area contributed by atoms with Gasteiger partial charge in [0.25, 0.3) is 0 Å². The van der Waals surface area contributed by atoms with Gasteiger partial charge >= 0.3 is 0 Å². The lowest BCUT2D eigenvalue weighted by Gasteiger charge is -2.24. The van der Waals surface area contributed by atoms with E-state index in [0.717, 1.165) is 4.31 Å². The van der Waals surface area contributed by atoms with Crippen molar-refractivity contribution in [3.05, 3.63) is 24.3 Å². The van der Waals surface area contributed by atoms with Crippen LogP contribution in [-0.2, 0) is 19.6 Å². The van der Waals surface area contributed by atoms with E-state index in [0.29, 0.717) is 12.1 Å². The molecule has 0 bridgehead atoms. The Balaban J connectivity index is 2.27. The fourth-order valence-corrected chi connectivity index (χ4v) is 3.96. The van der Waals surface area contributed by atoms with E-state index in [9.17, 15) is 23.1 Å². The van der Waals surface area contributed by atoms with Crippen LogP contribution in [0.1, 0.15) is 19.8 Å². The van der Waals surface area contributed by atoms with E-state index in [1.807, 2.05) is 0 Å². The number of hydrogen-bond donors (Lipinski definition) is 1. The minimum Gasteiger partial charge on any atom is -0.548 e. The van der Waals surface area contributed by atoms with Crippen LogP contribution in [0.2, 0.25) is 0 Å². The molecule has 1 aromatic rings. The van der Waals surface area contributed by atoms with Gasteiger partial charge in [-0.25, -0.2) is 8.42 Å². The standard InChI is InChI=1S/C13H16N2O5S/c1-9(16)14-10-4-6-11(7-5-10)21(19,20)15-8-2-3-12(15)13(17)18/h4-7,12H,2-3,8H2,1H3,(H,14,16)(H,17,18)/p-1. The molecule has 0 aliphatic carbocycles. The fourth-order valence-electron chi connectivity index (χ4n) is 2.31. The highest BCUT2D eigenvalue weighted by molar-refractivity contribution is 7.89. The summed E-state index contributed by atoms with van der Waals surface area (Å²) in [7, 11) is -3.88. The van der Waals surface area contributed by atoms with Gasteiger partial charge in [-0.1, -0.05) is 0 Å². The molecular formula is C13H15N2O5S-. The number of rotatable bonds is 4. The van der Waals surface area contributed by atoms with Crippen molar-refractivity contribution < 1.29 is 23.1 Å². The van der Waals surface area contributed by atoms with Crippen molar-refractivity contribution in [3.8, 4) is 0 Å². The third-order valence-corrected chi connectivity index (χ3v) is 5.18. The number of carboxylic acids is 1. The number of nitrogens with zero attached hydrogens (tertiary/aromatic N) is 1. The first-order chi connectivity index (χ1) is 9.82. The lowest BCUT2D eigenvalue weighted by Crippen LogP contribution is -2.46. The molecular weight excluding hydrogens is 296 g/mol. The van der Waals surface area contributed by atoms with Gasteiger partial charge in [-0.3, -0.25) is 4.79 Å². The number of sulfonamides is 1. The molecule has 0 saturated carbocycles. The van der Waals surface area contributed by atoms with Crippen molar-refractivity contribution in [1.29, 1.82) is 0 Å². The number of carboxylic acid groups (broad SMARTS) is 1. The summed E-state index contributed by atoms with van der Waals surface area (Å²) in [6.45, 7) is 1.51. The molecule has 0 aromatic heterocycles. The van der Waals surface area contributed by atoms with Crippen molar-refractivity contribution >= 4 is 27.6 Å². The molecule has 1 fully saturated rings. The van der Waals surface area contributed by atoms with Crippen LogP contribution in [0.3, 0.4) is 0 Å². The third kappa shape index (κ3) is 3.22. The largest absolute Gasteiger partial charge is 0.548 e. The van der Waals surface area contributed by atoms with Gasteiger partial charge in [-0.2, -0.15) is 4.31 Å². The summed E-state index contributed by atoms with van der Waals surface area (Å²) in [5.74, 6) is -1.65. The van der Waals surface area contributed by atoms with E-state index in [4.69, 9.17) is 0 Å². The molecule has 1 amide bonds. The predicted octanol–water partition coefficient (Wildman–Crippen LogP) is -0.452. The molecule has 1 aromatic carbocycles. The summed E-state index contributed by atoms with van der Waals surface area (Å²) >= 11 is 0. The molecule has 1 N–H and O–H groups in total. The van der Waals surface area contributed by atoms with E-state index >= 15 is 0 Å². The van der Waals surface area contributed by atoms with Crippen LogP contribution in [0.4, 0.5) is 5.69 Å². The Morgan fingerprint density at radius 1 is 1.29 bits per heavy atom. The number of amides is 1. The van der Waals surface area contributed by atoms with Crippen molar-refractivity contribution in [2.75, 3.05) is 11.9 Å². The Labute approximate surface area is 122 Å². The molecule has 114 valence electrons. The second-order valence-electron chi connectivity index (χ2n) is 4.80. The molecule has 1 aliphatic heterocycles. The molecule has 1 unspecified atom stereocenters. The summed E-state index contributed by atoms with van der Waals surface area (Å²) in [6, 6.07) is 4.47. The van der Waals surface area contributed by atoms with Gasteiger partial charge in [0.05, 0.1) is 16.9 Å². The van der Waals surface area contributed by atoms with Crippen LogP contribution < -0.4 is 10.4 Å². The normalized spacial score (nSPS) is 19.4. The molecule has 2 rings (SSSR count). The average molecular weight is 311 g/mol. The van der Waals surface area contributed by atoms with Gasteiger partial charge in [-0.15, -0.1) is 0 Å². The van der Waals surface area contributed by atoms with E-state index in [1.54, 1.807) is 0 Å². The van der Waals surface area contributed by atoms with Crippen molar-refractivity contribution in [2.24, 2.45) is 0 Å². The molecule has 1 atom stereocenters. The first-order valence-electron chi connectivity index (χ1n) is 6.43. The number of nitrogens with one attached hydrogen (secondary N) is 1. The SMILES string of the molecule is CC(=O)Nc1ccc(S(=O)(=O)N2CCCC2C(=O)[O-])cc1. The first kappa shape index (κ1) is 15.5. The maximum absolute atomic E-state index is 12.4. The number of carbonyl (C=O) groups excluding carboxylic acids is 2. The van der Waals surface area contributed by atoms with E-state index < -0.39 is 22.0 Å². The molecule has 7 nitrogen and oxygen atoms in total. The van der Waals surface area contributed by atoms with Crippen molar-refractivity contribution in [1.82, 2.24) is 4.31 Å². The smallest absolute Gasteiger partial charge is 0.243 e. The summed E-state index contributed by atoms with van der Waals surface area (Å²) < 4.78 is 25.8. The van der Waals surface area contributed by atoms with Crippen LogP contribution in [0, 0.1) is 0 Å². The van der Waals surface area contributed by atoms with E-state index in [2.05, 4.69) is 5.32 Å². The molecule has 0 radical (unpaired) electrons. The topological polar surface area (TPSA) is 107 Å². The molecule has 1 heterocycles. The zero-order valence-corrected chi connectivity index (χ0v) is 12.2. The minimum atomic E-state index is -3.88. The van der Waals surface area contributed by atoms with Gasteiger partial charge in [0.15, 0.2) is 0 Å². The number of anilines is 1. The van der Waals surface area contributed by atoms with Gasteiger partial charge in [0, 0.05) is 19.2 Å². The zero-order valence-electron chi connectivity index (χ0n) is 11.4. The number of carbonyl (C=O) groups is 2. The quantitative estimate of drug-likeness (QED) is 0.810. The number of benzene rings is 1.